The van der Waals surface area contributed by atoms with E-state index in [0.717, 1.165) is 11.0 Å². The van der Waals surface area contributed by atoms with Gasteiger partial charge in [0.25, 0.3) is 11.8 Å². The van der Waals surface area contributed by atoms with Gasteiger partial charge in [-0.2, -0.15) is 13.2 Å². The molecule has 31 heavy (non-hydrogen) atoms. The zero-order valence-electron chi connectivity index (χ0n) is 15.1. The second kappa shape index (κ2) is 8.91. The number of carbonyl (C=O) groups is 2. The first-order chi connectivity index (χ1) is 14.5. The molecule has 2 aromatic rings. The zero-order valence-corrected chi connectivity index (χ0v) is 17.4. The number of carbonyl (C=O) groups excluding carboxylic acids is 2. The van der Waals surface area contributed by atoms with E-state index in [9.17, 15) is 22.8 Å². The standard InChI is InChI=1S/C18H11Cl3F3N3O4/c19-10-4-9(26-13-6-14(29)27(1-2-28)17(13)30)5-11(20)15(10)31-16-12(21)3-8(7-25-16)18(22,23)24/h3-7,26,28H,1-2H2. The van der Waals surface area contributed by atoms with Crippen molar-refractivity contribution in [3.8, 4) is 11.6 Å². The van der Waals surface area contributed by atoms with Crippen LogP contribution in [0, 0.1) is 0 Å². The maximum absolute atomic E-state index is 12.7. The molecular formula is C18H11Cl3F3N3O4. The summed E-state index contributed by atoms with van der Waals surface area (Å²) in [5.74, 6) is -1.72. The number of β-amino-alcohol motifs (C(OH)–C–C–N with tert-alkyl or cyclic N) is 1. The van der Waals surface area contributed by atoms with Gasteiger partial charge in [0.05, 0.1) is 28.8 Å². The monoisotopic (exact) mass is 495 g/mol. The summed E-state index contributed by atoms with van der Waals surface area (Å²) in [6, 6.07) is 3.27. The molecule has 0 fully saturated rings. The minimum Gasteiger partial charge on any atom is -0.434 e. The summed E-state index contributed by atoms with van der Waals surface area (Å²) in [5, 5.41) is 11.1. The van der Waals surface area contributed by atoms with Crippen molar-refractivity contribution in [2.45, 2.75) is 6.18 Å². The van der Waals surface area contributed by atoms with Crippen LogP contribution < -0.4 is 10.1 Å². The first-order valence-electron chi connectivity index (χ1n) is 8.36. The van der Waals surface area contributed by atoms with Crippen LogP contribution in [0.3, 0.4) is 0 Å². The third-order valence-electron chi connectivity index (χ3n) is 3.94. The van der Waals surface area contributed by atoms with E-state index in [1.54, 1.807) is 0 Å². The molecule has 13 heteroatoms. The number of aromatic nitrogens is 1. The zero-order chi connectivity index (χ0) is 22.9. The van der Waals surface area contributed by atoms with Crippen molar-refractivity contribution < 1.29 is 32.6 Å². The average Bonchev–Trinajstić information content (AvgIpc) is 2.92. The van der Waals surface area contributed by atoms with Crippen molar-refractivity contribution in [1.29, 1.82) is 0 Å². The number of aliphatic hydroxyl groups excluding tert-OH is 1. The van der Waals surface area contributed by atoms with Gasteiger partial charge in [-0.3, -0.25) is 14.5 Å². The number of imide groups is 1. The van der Waals surface area contributed by atoms with Crippen LogP contribution in [-0.2, 0) is 15.8 Å². The smallest absolute Gasteiger partial charge is 0.417 e. The van der Waals surface area contributed by atoms with Crippen molar-refractivity contribution in [3.63, 3.8) is 0 Å². The lowest BCUT2D eigenvalue weighted by molar-refractivity contribution is -0.138. The molecule has 0 radical (unpaired) electrons. The van der Waals surface area contributed by atoms with E-state index in [-0.39, 0.29) is 46.2 Å². The summed E-state index contributed by atoms with van der Waals surface area (Å²) in [4.78, 5) is 28.4. The fourth-order valence-corrected chi connectivity index (χ4v) is 3.32. The summed E-state index contributed by atoms with van der Waals surface area (Å²) < 4.78 is 43.6. The van der Waals surface area contributed by atoms with Crippen LogP contribution in [-0.4, -0.2) is 40.0 Å². The van der Waals surface area contributed by atoms with Crippen molar-refractivity contribution >= 4 is 52.3 Å². The highest BCUT2D eigenvalue weighted by Crippen LogP contribution is 2.41. The van der Waals surface area contributed by atoms with Crippen LogP contribution in [0.15, 0.2) is 36.2 Å². The number of rotatable bonds is 6. The Morgan fingerprint density at radius 2 is 1.74 bits per heavy atom. The molecule has 0 unspecified atom stereocenters. The Balaban J connectivity index is 1.81. The molecule has 2 N–H and O–H groups in total. The van der Waals surface area contributed by atoms with Crippen LogP contribution in [0.25, 0.3) is 0 Å². The maximum Gasteiger partial charge on any atom is 0.417 e. The van der Waals surface area contributed by atoms with Crippen molar-refractivity contribution in [3.05, 3.63) is 56.8 Å². The second-order valence-corrected chi connectivity index (χ2v) is 7.30. The molecule has 0 spiro atoms. The largest absolute Gasteiger partial charge is 0.434 e. The Morgan fingerprint density at radius 3 is 2.29 bits per heavy atom. The van der Waals surface area contributed by atoms with E-state index in [2.05, 4.69) is 10.3 Å². The summed E-state index contributed by atoms with van der Waals surface area (Å²) in [5.41, 5.74) is -0.889. The van der Waals surface area contributed by atoms with Crippen LogP contribution >= 0.6 is 34.8 Å². The van der Waals surface area contributed by atoms with E-state index >= 15 is 0 Å². The van der Waals surface area contributed by atoms with Gasteiger partial charge in [-0.15, -0.1) is 0 Å². The molecule has 1 aliphatic rings. The fourth-order valence-electron chi connectivity index (χ4n) is 2.55. The molecule has 0 saturated heterocycles. The lowest BCUT2D eigenvalue weighted by Crippen LogP contribution is -2.34. The molecule has 164 valence electrons. The number of aliphatic hydroxyl groups is 1. The molecule has 7 nitrogen and oxygen atoms in total. The first kappa shape index (κ1) is 23.1. The highest BCUT2D eigenvalue weighted by Gasteiger charge is 2.32. The van der Waals surface area contributed by atoms with Crippen LogP contribution in [0.4, 0.5) is 18.9 Å². The topological polar surface area (TPSA) is 91.8 Å². The van der Waals surface area contributed by atoms with Gasteiger partial charge in [0.15, 0.2) is 5.75 Å². The van der Waals surface area contributed by atoms with Gasteiger partial charge in [0, 0.05) is 18.0 Å². The van der Waals surface area contributed by atoms with Gasteiger partial charge in [0.2, 0.25) is 5.88 Å². The number of anilines is 1. The molecule has 3 rings (SSSR count). The normalized spacial score (nSPS) is 14.2. The highest BCUT2D eigenvalue weighted by molar-refractivity contribution is 6.38. The van der Waals surface area contributed by atoms with E-state index in [4.69, 9.17) is 44.6 Å². The van der Waals surface area contributed by atoms with Crippen molar-refractivity contribution in [2.75, 3.05) is 18.5 Å². The van der Waals surface area contributed by atoms with Crippen LogP contribution in [0.1, 0.15) is 5.56 Å². The number of ether oxygens (including phenoxy) is 1. The summed E-state index contributed by atoms with van der Waals surface area (Å²) >= 11 is 18.1. The molecule has 1 aromatic heterocycles. The Hall–Kier alpha value is -2.53. The molecule has 2 amide bonds. The quantitative estimate of drug-likeness (QED) is 0.572. The highest BCUT2D eigenvalue weighted by atomic mass is 35.5. The minimum absolute atomic E-state index is 0.0632. The van der Waals surface area contributed by atoms with E-state index < -0.39 is 28.6 Å². The number of nitrogens with one attached hydrogen (secondary N) is 1. The molecule has 1 aromatic carbocycles. The lowest BCUT2D eigenvalue weighted by Gasteiger charge is -2.15. The van der Waals surface area contributed by atoms with Crippen LogP contribution in [0.2, 0.25) is 15.1 Å². The number of amides is 2. The van der Waals surface area contributed by atoms with Crippen molar-refractivity contribution in [2.24, 2.45) is 0 Å². The minimum atomic E-state index is -4.63. The Kier molecular flexibility index (Phi) is 6.65. The summed E-state index contributed by atoms with van der Waals surface area (Å²) in [6.45, 7) is -0.544. The third kappa shape index (κ3) is 5.04. The predicted octanol–water partition coefficient (Wildman–Crippen LogP) is 4.51. The predicted molar refractivity (Wildman–Crippen MR) is 106 cm³/mol. The maximum atomic E-state index is 12.7. The van der Waals surface area contributed by atoms with Crippen LogP contribution in [0.5, 0.6) is 11.6 Å². The molecule has 2 heterocycles. The molecule has 0 saturated carbocycles. The number of benzene rings is 1. The number of halogens is 6. The number of hydrogen-bond acceptors (Lipinski definition) is 6. The fraction of sp³-hybridized carbons (Fsp3) is 0.167. The molecular weight excluding hydrogens is 486 g/mol. The number of hydrogen-bond donors (Lipinski definition) is 2. The van der Waals surface area contributed by atoms with Crippen molar-refractivity contribution in [1.82, 2.24) is 9.88 Å². The molecule has 1 aliphatic heterocycles. The third-order valence-corrected chi connectivity index (χ3v) is 4.78. The summed E-state index contributed by atoms with van der Waals surface area (Å²) in [6.07, 6.45) is -3.03. The Labute approximate surface area is 188 Å². The molecule has 0 aliphatic carbocycles. The molecule has 0 bridgehead atoms. The Bertz CT molecular complexity index is 1070. The first-order valence-corrected chi connectivity index (χ1v) is 9.49. The van der Waals surface area contributed by atoms with Gasteiger partial charge in [-0.25, -0.2) is 4.98 Å². The van der Waals surface area contributed by atoms with Gasteiger partial charge < -0.3 is 15.2 Å². The number of nitrogens with zero attached hydrogens (tertiary/aromatic N) is 2. The Morgan fingerprint density at radius 1 is 1.10 bits per heavy atom. The van der Waals surface area contributed by atoms with Gasteiger partial charge in [-0.1, -0.05) is 34.8 Å². The average molecular weight is 497 g/mol. The molecule has 0 atom stereocenters. The number of alkyl halides is 3. The van der Waals surface area contributed by atoms with Gasteiger partial charge >= 0.3 is 6.18 Å². The SMILES string of the molecule is O=C1C=C(Nc2cc(Cl)c(Oc3ncc(C(F)(F)F)cc3Cl)c(Cl)c2)C(=O)N1CCO. The summed E-state index contributed by atoms with van der Waals surface area (Å²) in [7, 11) is 0. The van der Waals surface area contributed by atoms with Gasteiger partial charge in [-0.05, 0) is 18.2 Å². The lowest BCUT2D eigenvalue weighted by atomic mass is 10.2. The van der Waals surface area contributed by atoms with E-state index in [1.807, 2.05) is 0 Å². The van der Waals surface area contributed by atoms with E-state index in [1.165, 1.54) is 12.1 Å². The van der Waals surface area contributed by atoms with E-state index in [0.29, 0.717) is 12.3 Å². The van der Waals surface area contributed by atoms with Gasteiger partial charge in [0.1, 0.15) is 10.7 Å². The number of pyridine rings is 1. The second-order valence-electron chi connectivity index (χ2n) is 6.08.